The second kappa shape index (κ2) is 8.80. The van der Waals surface area contributed by atoms with Crippen LogP contribution < -0.4 is 11.1 Å². The van der Waals surface area contributed by atoms with Crippen LogP contribution in [-0.4, -0.2) is 19.1 Å². The minimum Gasteiger partial charge on any atom is -0.377 e. The first-order valence-electron chi connectivity index (χ1n) is 7.64. The number of rotatable bonds is 9. The van der Waals surface area contributed by atoms with Gasteiger partial charge in [0.05, 0.1) is 6.61 Å². The Morgan fingerprint density at radius 2 is 2.00 bits per heavy atom. The average Bonchev–Trinajstić information content (AvgIpc) is 2.44. The highest BCUT2D eigenvalue weighted by atomic mass is 16.5. The summed E-state index contributed by atoms with van der Waals surface area (Å²) in [4.78, 5) is 12.1. The highest BCUT2D eigenvalue weighted by Crippen LogP contribution is 2.26. The number of amides is 1. The predicted octanol–water partition coefficient (Wildman–Crippen LogP) is 3.32. The molecule has 21 heavy (non-hydrogen) atoms. The Morgan fingerprint density at radius 1 is 1.29 bits per heavy atom. The molecule has 0 atom stereocenters. The zero-order chi connectivity index (χ0) is 15.7. The lowest BCUT2D eigenvalue weighted by molar-refractivity contribution is -0.116. The summed E-state index contributed by atoms with van der Waals surface area (Å²) in [6.07, 6.45) is 2.28. The SMILES string of the molecule is CCOCc1ccccc1NC(=O)CCC(C)(C)CCN. The van der Waals surface area contributed by atoms with Gasteiger partial charge in [0.15, 0.2) is 0 Å². The average molecular weight is 292 g/mol. The van der Waals surface area contributed by atoms with E-state index < -0.39 is 0 Å². The monoisotopic (exact) mass is 292 g/mol. The fraction of sp³-hybridized carbons (Fsp3) is 0.588. The van der Waals surface area contributed by atoms with Crippen LogP contribution in [0.3, 0.4) is 0 Å². The summed E-state index contributed by atoms with van der Waals surface area (Å²) < 4.78 is 5.42. The van der Waals surface area contributed by atoms with E-state index in [1.54, 1.807) is 0 Å². The van der Waals surface area contributed by atoms with Crippen molar-refractivity contribution in [2.75, 3.05) is 18.5 Å². The van der Waals surface area contributed by atoms with Gasteiger partial charge in [-0.15, -0.1) is 0 Å². The van der Waals surface area contributed by atoms with Gasteiger partial charge in [-0.05, 0) is 37.8 Å². The third-order valence-corrected chi connectivity index (χ3v) is 3.60. The van der Waals surface area contributed by atoms with Crippen LogP contribution in [0, 0.1) is 5.41 Å². The van der Waals surface area contributed by atoms with E-state index in [1.165, 1.54) is 0 Å². The molecule has 0 aliphatic carbocycles. The molecule has 4 nitrogen and oxygen atoms in total. The first kappa shape index (κ1) is 17.7. The molecule has 1 amide bonds. The molecule has 1 rings (SSSR count). The van der Waals surface area contributed by atoms with Gasteiger partial charge in [0.2, 0.25) is 5.91 Å². The van der Waals surface area contributed by atoms with Crippen LogP contribution in [0.5, 0.6) is 0 Å². The number of carbonyl (C=O) groups excluding carboxylic acids is 1. The van der Waals surface area contributed by atoms with E-state index in [-0.39, 0.29) is 11.3 Å². The number of nitrogens with two attached hydrogens (primary N) is 1. The summed E-state index contributed by atoms with van der Waals surface area (Å²) in [6, 6.07) is 7.76. The topological polar surface area (TPSA) is 64.3 Å². The Balaban J connectivity index is 2.55. The van der Waals surface area contributed by atoms with Crippen LogP contribution in [0.1, 0.15) is 45.6 Å². The van der Waals surface area contributed by atoms with Crippen LogP contribution in [0.15, 0.2) is 24.3 Å². The number of benzene rings is 1. The zero-order valence-electron chi connectivity index (χ0n) is 13.4. The van der Waals surface area contributed by atoms with Crippen molar-refractivity contribution in [2.45, 2.75) is 46.6 Å². The normalized spacial score (nSPS) is 11.4. The van der Waals surface area contributed by atoms with Gasteiger partial charge in [0.1, 0.15) is 0 Å². The van der Waals surface area contributed by atoms with Crippen LogP contribution >= 0.6 is 0 Å². The highest BCUT2D eigenvalue weighted by molar-refractivity contribution is 5.91. The maximum Gasteiger partial charge on any atom is 0.224 e. The molecule has 0 unspecified atom stereocenters. The largest absolute Gasteiger partial charge is 0.377 e. The second-order valence-electron chi connectivity index (χ2n) is 6.05. The molecule has 0 spiro atoms. The first-order chi connectivity index (χ1) is 9.98. The van der Waals surface area contributed by atoms with Gasteiger partial charge in [0, 0.05) is 24.3 Å². The van der Waals surface area contributed by atoms with Crippen LogP contribution in [0.2, 0.25) is 0 Å². The molecule has 1 aromatic carbocycles. The first-order valence-corrected chi connectivity index (χ1v) is 7.64. The molecule has 118 valence electrons. The fourth-order valence-electron chi connectivity index (χ4n) is 2.16. The molecule has 0 bridgehead atoms. The predicted molar refractivity (Wildman–Crippen MR) is 87.1 cm³/mol. The third-order valence-electron chi connectivity index (χ3n) is 3.60. The fourth-order valence-corrected chi connectivity index (χ4v) is 2.16. The van der Waals surface area contributed by atoms with Crippen molar-refractivity contribution < 1.29 is 9.53 Å². The molecule has 0 aliphatic heterocycles. The Morgan fingerprint density at radius 3 is 2.67 bits per heavy atom. The number of hydrogen-bond donors (Lipinski definition) is 2. The van der Waals surface area contributed by atoms with E-state index in [9.17, 15) is 4.79 Å². The van der Waals surface area contributed by atoms with E-state index in [0.717, 1.165) is 24.1 Å². The van der Waals surface area contributed by atoms with Crippen molar-refractivity contribution in [3.63, 3.8) is 0 Å². The van der Waals surface area contributed by atoms with Gasteiger partial charge >= 0.3 is 0 Å². The molecule has 3 N–H and O–H groups in total. The number of ether oxygens (including phenoxy) is 1. The lowest BCUT2D eigenvalue weighted by Gasteiger charge is -2.23. The van der Waals surface area contributed by atoms with Crippen molar-refractivity contribution in [2.24, 2.45) is 11.1 Å². The summed E-state index contributed by atoms with van der Waals surface area (Å²) >= 11 is 0. The maximum atomic E-state index is 12.1. The lowest BCUT2D eigenvalue weighted by atomic mass is 9.84. The summed E-state index contributed by atoms with van der Waals surface area (Å²) in [5.41, 5.74) is 7.55. The number of anilines is 1. The molecule has 0 aromatic heterocycles. The zero-order valence-corrected chi connectivity index (χ0v) is 13.4. The summed E-state index contributed by atoms with van der Waals surface area (Å²) in [5.74, 6) is 0.0454. The summed E-state index contributed by atoms with van der Waals surface area (Å²) in [5, 5.41) is 2.98. The molecule has 0 saturated heterocycles. The molecular formula is C17H28N2O2. The molecule has 1 aromatic rings. The lowest BCUT2D eigenvalue weighted by Crippen LogP contribution is -2.21. The van der Waals surface area contributed by atoms with Crippen molar-refractivity contribution in [1.82, 2.24) is 0 Å². The Kier molecular flexibility index (Phi) is 7.40. The molecule has 4 heteroatoms. The van der Waals surface area contributed by atoms with Gasteiger partial charge in [-0.1, -0.05) is 32.0 Å². The van der Waals surface area contributed by atoms with Crippen molar-refractivity contribution in [1.29, 1.82) is 0 Å². The number of para-hydroxylation sites is 1. The minimum atomic E-state index is 0.0454. The van der Waals surface area contributed by atoms with Gasteiger partial charge in [-0.2, -0.15) is 0 Å². The molecule has 0 radical (unpaired) electrons. The van der Waals surface area contributed by atoms with Gasteiger partial charge in [0.25, 0.3) is 0 Å². The number of nitrogens with one attached hydrogen (secondary N) is 1. The number of hydrogen-bond acceptors (Lipinski definition) is 3. The van der Waals surface area contributed by atoms with Crippen LogP contribution in [0.4, 0.5) is 5.69 Å². The van der Waals surface area contributed by atoms with Crippen molar-refractivity contribution in [3.05, 3.63) is 29.8 Å². The van der Waals surface area contributed by atoms with E-state index in [1.807, 2.05) is 31.2 Å². The molecule has 0 saturated carbocycles. The van der Waals surface area contributed by atoms with Crippen LogP contribution in [-0.2, 0) is 16.1 Å². The molecular weight excluding hydrogens is 264 g/mol. The molecule has 0 heterocycles. The minimum absolute atomic E-state index is 0.0454. The summed E-state index contributed by atoms with van der Waals surface area (Å²) in [6.45, 7) is 8.10. The standard InChI is InChI=1S/C17H28N2O2/c1-4-21-13-14-7-5-6-8-15(14)19-16(20)9-10-17(2,3)11-12-18/h5-8H,4,9-13,18H2,1-3H3,(H,19,20). The quantitative estimate of drug-likeness (QED) is 0.734. The highest BCUT2D eigenvalue weighted by Gasteiger charge is 2.18. The van der Waals surface area contributed by atoms with E-state index in [0.29, 0.717) is 26.2 Å². The van der Waals surface area contributed by atoms with Crippen LogP contribution in [0.25, 0.3) is 0 Å². The maximum absolute atomic E-state index is 12.1. The van der Waals surface area contributed by atoms with E-state index >= 15 is 0 Å². The Hall–Kier alpha value is -1.39. The Labute approximate surface area is 128 Å². The van der Waals surface area contributed by atoms with E-state index in [2.05, 4.69) is 19.2 Å². The Bertz CT molecular complexity index is 444. The van der Waals surface area contributed by atoms with Gasteiger partial charge in [-0.25, -0.2) is 0 Å². The number of carbonyl (C=O) groups is 1. The van der Waals surface area contributed by atoms with Gasteiger partial charge < -0.3 is 15.8 Å². The van der Waals surface area contributed by atoms with E-state index in [4.69, 9.17) is 10.5 Å². The van der Waals surface area contributed by atoms with Crippen molar-refractivity contribution >= 4 is 11.6 Å². The summed E-state index contributed by atoms with van der Waals surface area (Å²) in [7, 11) is 0. The molecule has 0 aliphatic rings. The smallest absolute Gasteiger partial charge is 0.224 e. The van der Waals surface area contributed by atoms with Gasteiger partial charge in [-0.3, -0.25) is 4.79 Å². The third kappa shape index (κ3) is 6.74. The molecule has 0 fully saturated rings. The second-order valence-corrected chi connectivity index (χ2v) is 6.05. The van der Waals surface area contributed by atoms with Crippen molar-refractivity contribution in [3.8, 4) is 0 Å².